The van der Waals surface area contributed by atoms with E-state index in [2.05, 4.69) is 17.4 Å². The van der Waals surface area contributed by atoms with Crippen LogP contribution in [0.5, 0.6) is 5.75 Å². The summed E-state index contributed by atoms with van der Waals surface area (Å²) >= 11 is 0. The number of hydrogen-bond donors (Lipinski definition) is 1. The van der Waals surface area contributed by atoms with Crippen molar-refractivity contribution in [1.29, 1.82) is 0 Å². The summed E-state index contributed by atoms with van der Waals surface area (Å²) in [5, 5.41) is 3.22. The molecular formula is C16H23F2NO2. The van der Waals surface area contributed by atoms with Crippen molar-refractivity contribution in [3.05, 3.63) is 29.3 Å². The van der Waals surface area contributed by atoms with Crippen molar-refractivity contribution < 1.29 is 18.3 Å². The van der Waals surface area contributed by atoms with Gasteiger partial charge in [0.25, 0.3) is 6.43 Å². The summed E-state index contributed by atoms with van der Waals surface area (Å²) in [4.78, 5) is 0. The maximum atomic E-state index is 12.0. The van der Waals surface area contributed by atoms with E-state index in [9.17, 15) is 8.78 Å². The zero-order valence-electron chi connectivity index (χ0n) is 12.4. The summed E-state index contributed by atoms with van der Waals surface area (Å²) in [6.45, 7) is 0.675. The second-order valence-electron chi connectivity index (χ2n) is 5.32. The first-order valence-electron chi connectivity index (χ1n) is 7.47. The first kappa shape index (κ1) is 16.2. The fraction of sp³-hybridized carbons (Fsp3) is 0.625. The molecule has 2 rings (SSSR count). The molecule has 3 nitrogen and oxygen atoms in total. The minimum Gasteiger partial charge on any atom is -0.493 e. The molecule has 21 heavy (non-hydrogen) atoms. The predicted octanol–water partition coefficient (Wildman–Crippen LogP) is 2.81. The number of benzene rings is 1. The number of halogens is 2. The molecule has 0 aliphatic carbocycles. The number of alkyl halides is 2. The fourth-order valence-electron chi connectivity index (χ4n) is 2.57. The second-order valence-corrected chi connectivity index (χ2v) is 5.32. The zero-order valence-corrected chi connectivity index (χ0v) is 12.4. The standard InChI is InChI=1S/C16H23F2NO2/c1-19-14(7-8-20-11-16(17)18)4-2-12-3-5-15-13(10-12)6-9-21-15/h3,5,10,14,16,19H,2,4,6-9,11H2,1H3. The molecular weight excluding hydrogens is 276 g/mol. The molecule has 1 aliphatic heterocycles. The van der Waals surface area contributed by atoms with E-state index in [-0.39, 0.29) is 6.04 Å². The minimum atomic E-state index is -2.38. The third kappa shape index (κ3) is 5.25. The first-order chi connectivity index (χ1) is 10.2. The van der Waals surface area contributed by atoms with Crippen LogP contribution >= 0.6 is 0 Å². The van der Waals surface area contributed by atoms with Crippen molar-refractivity contribution >= 4 is 0 Å². The Labute approximate surface area is 124 Å². The summed E-state index contributed by atoms with van der Waals surface area (Å²) in [7, 11) is 1.90. The summed E-state index contributed by atoms with van der Waals surface area (Å²) in [5.41, 5.74) is 2.58. The quantitative estimate of drug-likeness (QED) is 0.711. The average molecular weight is 299 g/mol. The number of hydrogen-bond acceptors (Lipinski definition) is 3. The molecule has 0 radical (unpaired) electrons. The fourth-order valence-corrected chi connectivity index (χ4v) is 2.57. The van der Waals surface area contributed by atoms with E-state index >= 15 is 0 Å². The maximum Gasteiger partial charge on any atom is 0.261 e. The van der Waals surface area contributed by atoms with E-state index in [1.807, 2.05) is 13.1 Å². The van der Waals surface area contributed by atoms with E-state index in [1.54, 1.807) is 0 Å². The molecule has 0 fully saturated rings. The lowest BCUT2D eigenvalue weighted by atomic mass is 10.0. The smallest absolute Gasteiger partial charge is 0.261 e. The molecule has 1 unspecified atom stereocenters. The highest BCUT2D eigenvalue weighted by atomic mass is 19.3. The van der Waals surface area contributed by atoms with Gasteiger partial charge in [0.2, 0.25) is 0 Å². The summed E-state index contributed by atoms with van der Waals surface area (Å²) < 4.78 is 34.4. The molecule has 1 atom stereocenters. The van der Waals surface area contributed by atoms with Gasteiger partial charge in [-0.05, 0) is 43.5 Å². The van der Waals surface area contributed by atoms with Crippen molar-refractivity contribution in [3.63, 3.8) is 0 Å². The molecule has 0 saturated heterocycles. The Hall–Kier alpha value is -1.20. The molecule has 0 saturated carbocycles. The van der Waals surface area contributed by atoms with Gasteiger partial charge in [0, 0.05) is 19.1 Å². The average Bonchev–Trinajstić information content (AvgIpc) is 2.93. The van der Waals surface area contributed by atoms with Crippen molar-refractivity contribution in [2.75, 3.05) is 26.9 Å². The molecule has 118 valence electrons. The monoisotopic (exact) mass is 299 g/mol. The molecule has 1 aromatic rings. The highest BCUT2D eigenvalue weighted by molar-refractivity contribution is 5.39. The van der Waals surface area contributed by atoms with Crippen LogP contribution in [0.4, 0.5) is 8.78 Å². The van der Waals surface area contributed by atoms with Gasteiger partial charge in [0.05, 0.1) is 6.61 Å². The SMILES string of the molecule is CNC(CCOCC(F)F)CCc1ccc2c(c1)CCO2. The lowest BCUT2D eigenvalue weighted by Gasteiger charge is -2.16. The lowest BCUT2D eigenvalue weighted by molar-refractivity contribution is 0.0144. The summed E-state index contributed by atoms with van der Waals surface area (Å²) in [6.07, 6.45) is 1.28. The van der Waals surface area contributed by atoms with Gasteiger partial charge >= 0.3 is 0 Å². The van der Waals surface area contributed by atoms with Crippen LogP contribution in [0.3, 0.4) is 0 Å². The van der Waals surface area contributed by atoms with Gasteiger partial charge in [0.1, 0.15) is 12.4 Å². The summed E-state index contributed by atoms with van der Waals surface area (Å²) in [6, 6.07) is 6.64. The van der Waals surface area contributed by atoms with E-state index in [0.29, 0.717) is 6.61 Å². The van der Waals surface area contributed by atoms with E-state index in [0.717, 1.165) is 38.0 Å². The molecule has 1 heterocycles. The topological polar surface area (TPSA) is 30.5 Å². The van der Waals surface area contributed by atoms with E-state index < -0.39 is 13.0 Å². The number of fused-ring (bicyclic) bond motifs is 1. The molecule has 0 amide bonds. The Balaban J connectivity index is 1.72. The lowest BCUT2D eigenvalue weighted by Crippen LogP contribution is -2.27. The molecule has 1 N–H and O–H groups in total. The number of nitrogens with one attached hydrogen (secondary N) is 1. The number of aryl methyl sites for hydroxylation is 1. The minimum absolute atomic E-state index is 0.284. The predicted molar refractivity (Wildman–Crippen MR) is 78.2 cm³/mol. The number of ether oxygens (including phenoxy) is 2. The van der Waals surface area contributed by atoms with E-state index in [4.69, 9.17) is 9.47 Å². The van der Waals surface area contributed by atoms with Gasteiger partial charge in [-0.3, -0.25) is 0 Å². The Morgan fingerprint density at radius 2 is 2.19 bits per heavy atom. The Bertz CT molecular complexity index is 440. The Kier molecular flexibility index (Phi) is 6.39. The molecule has 0 bridgehead atoms. The molecule has 1 aliphatic rings. The highest BCUT2D eigenvalue weighted by Crippen LogP contribution is 2.26. The molecule has 5 heteroatoms. The second kappa shape index (κ2) is 8.29. The van der Waals surface area contributed by atoms with Crippen LogP contribution in [-0.2, 0) is 17.6 Å². The van der Waals surface area contributed by atoms with Crippen molar-refractivity contribution in [3.8, 4) is 5.75 Å². The van der Waals surface area contributed by atoms with Crippen LogP contribution in [0.25, 0.3) is 0 Å². The third-order valence-corrected chi connectivity index (χ3v) is 3.80. The van der Waals surface area contributed by atoms with Gasteiger partial charge in [-0.1, -0.05) is 12.1 Å². The van der Waals surface area contributed by atoms with Gasteiger partial charge in [-0.15, -0.1) is 0 Å². The van der Waals surface area contributed by atoms with Crippen molar-refractivity contribution in [2.24, 2.45) is 0 Å². The molecule has 0 spiro atoms. The van der Waals surface area contributed by atoms with Crippen molar-refractivity contribution in [1.82, 2.24) is 5.32 Å². The van der Waals surface area contributed by atoms with E-state index in [1.165, 1.54) is 11.1 Å². The van der Waals surface area contributed by atoms with Crippen LogP contribution < -0.4 is 10.1 Å². The first-order valence-corrected chi connectivity index (χ1v) is 7.47. The Morgan fingerprint density at radius 1 is 1.33 bits per heavy atom. The van der Waals surface area contributed by atoms with Gasteiger partial charge in [-0.25, -0.2) is 8.78 Å². The normalized spacial score (nSPS) is 15.0. The highest BCUT2D eigenvalue weighted by Gasteiger charge is 2.13. The van der Waals surface area contributed by atoms with Crippen LogP contribution in [0.2, 0.25) is 0 Å². The zero-order chi connectivity index (χ0) is 15.1. The Morgan fingerprint density at radius 3 is 2.95 bits per heavy atom. The largest absolute Gasteiger partial charge is 0.493 e. The van der Waals surface area contributed by atoms with Crippen LogP contribution in [-0.4, -0.2) is 39.3 Å². The van der Waals surface area contributed by atoms with Gasteiger partial charge in [-0.2, -0.15) is 0 Å². The molecule has 0 aromatic heterocycles. The van der Waals surface area contributed by atoms with Gasteiger partial charge in [0.15, 0.2) is 0 Å². The van der Waals surface area contributed by atoms with Crippen molar-refractivity contribution in [2.45, 2.75) is 38.2 Å². The molecule has 1 aromatic carbocycles. The number of rotatable bonds is 9. The van der Waals surface area contributed by atoms with Crippen LogP contribution in [0, 0.1) is 0 Å². The van der Waals surface area contributed by atoms with Crippen LogP contribution in [0.15, 0.2) is 18.2 Å². The third-order valence-electron chi connectivity index (χ3n) is 3.80. The van der Waals surface area contributed by atoms with Gasteiger partial charge < -0.3 is 14.8 Å². The van der Waals surface area contributed by atoms with Crippen LogP contribution in [0.1, 0.15) is 24.0 Å². The summed E-state index contributed by atoms with van der Waals surface area (Å²) in [5.74, 6) is 1.00. The maximum absolute atomic E-state index is 12.0.